The van der Waals surface area contributed by atoms with Crippen molar-refractivity contribution < 1.29 is 0 Å². The molecule has 1 aromatic rings. The highest BCUT2D eigenvalue weighted by Gasteiger charge is 2.21. The van der Waals surface area contributed by atoms with Crippen molar-refractivity contribution in [3.05, 3.63) is 35.4 Å². The summed E-state index contributed by atoms with van der Waals surface area (Å²) in [6.07, 6.45) is 2.54. The summed E-state index contributed by atoms with van der Waals surface area (Å²) in [5.74, 6) is 0. The van der Waals surface area contributed by atoms with E-state index < -0.39 is 0 Å². The molecule has 0 saturated carbocycles. The van der Waals surface area contributed by atoms with Gasteiger partial charge in [0.1, 0.15) is 0 Å². The molecule has 1 aliphatic rings. The molecule has 1 aliphatic heterocycles. The largest absolute Gasteiger partial charge is 0.315 e. The molecular formula is C15H24N2. The third kappa shape index (κ3) is 3.30. The van der Waals surface area contributed by atoms with Crippen LogP contribution in [0.15, 0.2) is 24.3 Å². The van der Waals surface area contributed by atoms with Crippen molar-refractivity contribution in [2.75, 3.05) is 19.6 Å². The number of nitrogens with zero attached hydrogens (tertiary/aromatic N) is 1. The number of hydrogen-bond donors (Lipinski definition) is 1. The minimum Gasteiger partial charge on any atom is -0.315 e. The summed E-state index contributed by atoms with van der Waals surface area (Å²) >= 11 is 0. The summed E-state index contributed by atoms with van der Waals surface area (Å²) in [4.78, 5) is 2.64. The maximum absolute atomic E-state index is 3.47. The van der Waals surface area contributed by atoms with Gasteiger partial charge in [0.05, 0.1) is 0 Å². The quantitative estimate of drug-likeness (QED) is 0.839. The van der Waals surface area contributed by atoms with Crippen LogP contribution in [0.25, 0.3) is 0 Å². The van der Waals surface area contributed by atoms with Crippen molar-refractivity contribution >= 4 is 0 Å². The van der Waals surface area contributed by atoms with E-state index in [-0.39, 0.29) is 0 Å². The van der Waals surface area contributed by atoms with E-state index in [2.05, 4.69) is 48.3 Å². The summed E-state index contributed by atoms with van der Waals surface area (Å²) in [5.41, 5.74) is 2.90. The van der Waals surface area contributed by atoms with E-state index in [0.29, 0.717) is 0 Å². The van der Waals surface area contributed by atoms with Crippen LogP contribution in [0, 0.1) is 6.92 Å². The highest BCUT2D eigenvalue weighted by atomic mass is 15.2. The van der Waals surface area contributed by atoms with Crippen molar-refractivity contribution in [3.8, 4) is 0 Å². The predicted molar refractivity (Wildman–Crippen MR) is 73.2 cm³/mol. The number of hydrogen-bond acceptors (Lipinski definition) is 2. The molecule has 94 valence electrons. The maximum atomic E-state index is 3.47. The van der Waals surface area contributed by atoms with Gasteiger partial charge in [0.25, 0.3) is 0 Å². The van der Waals surface area contributed by atoms with E-state index in [1.165, 1.54) is 37.1 Å². The van der Waals surface area contributed by atoms with Crippen LogP contribution in [0.3, 0.4) is 0 Å². The Hall–Kier alpha value is -0.860. The lowest BCUT2D eigenvalue weighted by molar-refractivity contribution is 0.199. The van der Waals surface area contributed by atoms with Crippen LogP contribution in [0.4, 0.5) is 0 Å². The van der Waals surface area contributed by atoms with E-state index in [4.69, 9.17) is 0 Å². The molecule has 17 heavy (non-hydrogen) atoms. The Morgan fingerprint density at radius 3 is 2.82 bits per heavy atom. The molecular weight excluding hydrogens is 208 g/mol. The van der Waals surface area contributed by atoms with E-state index in [1.54, 1.807) is 0 Å². The zero-order chi connectivity index (χ0) is 12.1. The first-order valence-corrected chi connectivity index (χ1v) is 6.80. The summed E-state index contributed by atoms with van der Waals surface area (Å²) in [6, 6.07) is 9.49. The molecule has 1 N–H and O–H groups in total. The average Bonchev–Trinajstić information content (AvgIpc) is 2.85. The van der Waals surface area contributed by atoms with Gasteiger partial charge < -0.3 is 5.32 Å². The van der Waals surface area contributed by atoms with Crippen LogP contribution in [0.5, 0.6) is 0 Å². The molecule has 1 saturated heterocycles. The topological polar surface area (TPSA) is 15.3 Å². The summed E-state index contributed by atoms with van der Waals surface area (Å²) in [5, 5.41) is 3.47. The maximum Gasteiger partial charge on any atom is 0.0239 e. The SMILES string of the molecule is CCCN(Cc1ccccc1C)C1CCNC1. The smallest absolute Gasteiger partial charge is 0.0239 e. The standard InChI is InChI=1S/C15H24N2/c1-3-10-17(15-8-9-16-11-15)12-14-7-5-4-6-13(14)2/h4-7,15-16H,3,8-12H2,1-2H3. The molecule has 0 spiro atoms. The van der Waals surface area contributed by atoms with Crippen LogP contribution >= 0.6 is 0 Å². The first-order valence-electron chi connectivity index (χ1n) is 6.80. The molecule has 1 atom stereocenters. The van der Waals surface area contributed by atoms with Gasteiger partial charge in [-0.05, 0) is 44.0 Å². The van der Waals surface area contributed by atoms with Crippen molar-refractivity contribution in [3.63, 3.8) is 0 Å². The second-order valence-corrected chi connectivity index (χ2v) is 5.04. The summed E-state index contributed by atoms with van der Waals surface area (Å²) in [7, 11) is 0. The highest BCUT2D eigenvalue weighted by molar-refractivity contribution is 5.25. The van der Waals surface area contributed by atoms with E-state index in [1.807, 2.05) is 0 Å². The summed E-state index contributed by atoms with van der Waals surface area (Å²) in [6.45, 7) is 9.14. The Morgan fingerprint density at radius 1 is 1.35 bits per heavy atom. The minimum absolute atomic E-state index is 0.731. The Balaban J connectivity index is 2.04. The average molecular weight is 232 g/mol. The Bertz CT molecular complexity index is 343. The van der Waals surface area contributed by atoms with Gasteiger partial charge in [-0.1, -0.05) is 31.2 Å². The minimum atomic E-state index is 0.731. The fraction of sp³-hybridized carbons (Fsp3) is 0.600. The van der Waals surface area contributed by atoms with Crippen molar-refractivity contribution in [1.82, 2.24) is 10.2 Å². The van der Waals surface area contributed by atoms with Crippen LogP contribution in [0.1, 0.15) is 30.9 Å². The van der Waals surface area contributed by atoms with Crippen molar-refractivity contribution in [2.45, 2.75) is 39.3 Å². The molecule has 1 fully saturated rings. The Labute approximate surface area is 105 Å². The number of aryl methyl sites for hydroxylation is 1. The molecule has 0 radical (unpaired) electrons. The fourth-order valence-electron chi connectivity index (χ4n) is 2.64. The fourth-order valence-corrected chi connectivity index (χ4v) is 2.64. The molecule has 1 unspecified atom stereocenters. The third-order valence-electron chi connectivity index (χ3n) is 3.70. The molecule has 0 aliphatic carbocycles. The van der Waals surface area contributed by atoms with Crippen LogP contribution in [-0.4, -0.2) is 30.6 Å². The van der Waals surface area contributed by atoms with Crippen LogP contribution in [0.2, 0.25) is 0 Å². The lowest BCUT2D eigenvalue weighted by Crippen LogP contribution is -2.37. The van der Waals surface area contributed by atoms with Crippen LogP contribution < -0.4 is 5.32 Å². The van der Waals surface area contributed by atoms with Crippen molar-refractivity contribution in [2.24, 2.45) is 0 Å². The van der Waals surface area contributed by atoms with Crippen LogP contribution in [-0.2, 0) is 6.54 Å². The molecule has 0 aromatic heterocycles. The van der Waals surface area contributed by atoms with Gasteiger partial charge in [-0.25, -0.2) is 0 Å². The van der Waals surface area contributed by atoms with Gasteiger partial charge in [-0.2, -0.15) is 0 Å². The molecule has 1 heterocycles. The zero-order valence-electron chi connectivity index (χ0n) is 11.1. The Morgan fingerprint density at radius 2 is 2.18 bits per heavy atom. The second kappa shape index (κ2) is 6.18. The molecule has 0 bridgehead atoms. The zero-order valence-corrected chi connectivity index (χ0v) is 11.1. The molecule has 2 nitrogen and oxygen atoms in total. The molecule has 1 aromatic carbocycles. The van der Waals surface area contributed by atoms with E-state index in [0.717, 1.165) is 19.1 Å². The normalized spacial score (nSPS) is 20.1. The van der Waals surface area contributed by atoms with E-state index >= 15 is 0 Å². The first kappa shape index (κ1) is 12.6. The first-order chi connectivity index (χ1) is 8.31. The van der Waals surface area contributed by atoms with Gasteiger partial charge >= 0.3 is 0 Å². The number of nitrogens with one attached hydrogen (secondary N) is 1. The van der Waals surface area contributed by atoms with Gasteiger partial charge in [0.15, 0.2) is 0 Å². The molecule has 0 amide bonds. The lowest BCUT2D eigenvalue weighted by Gasteiger charge is -2.28. The highest BCUT2D eigenvalue weighted by Crippen LogP contribution is 2.16. The van der Waals surface area contributed by atoms with Gasteiger partial charge in [0, 0.05) is 19.1 Å². The number of benzene rings is 1. The predicted octanol–water partition coefficient (Wildman–Crippen LogP) is 2.57. The van der Waals surface area contributed by atoms with Gasteiger partial charge in [0.2, 0.25) is 0 Å². The summed E-state index contributed by atoms with van der Waals surface area (Å²) < 4.78 is 0. The van der Waals surface area contributed by atoms with Gasteiger partial charge in [-0.3, -0.25) is 4.90 Å². The van der Waals surface area contributed by atoms with Gasteiger partial charge in [-0.15, -0.1) is 0 Å². The van der Waals surface area contributed by atoms with E-state index in [9.17, 15) is 0 Å². The van der Waals surface area contributed by atoms with Crippen molar-refractivity contribution in [1.29, 1.82) is 0 Å². The lowest BCUT2D eigenvalue weighted by atomic mass is 10.1. The Kier molecular flexibility index (Phi) is 4.57. The second-order valence-electron chi connectivity index (χ2n) is 5.04. The third-order valence-corrected chi connectivity index (χ3v) is 3.70. The molecule has 2 rings (SSSR count). The number of rotatable bonds is 5. The monoisotopic (exact) mass is 232 g/mol. The molecule has 2 heteroatoms.